The molecule has 1 aliphatic heterocycles. The van der Waals surface area contributed by atoms with E-state index in [1.807, 2.05) is 52.0 Å². The molecule has 1 saturated heterocycles. The largest absolute Gasteiger partial charge is 0.514 e. The third kappa shape index (κ3) is 3.96. The van der Waals surface area contributed by atoms with Crippen molar-refractivity contribution < 1.29 is 18.8 Å². The Morgan fingerprint density at radius 2 is 1.97 bits per heavy atom. The molecule has 1 unspecified atom stereocenters. The average molecular weight is 411 g/mol. The zero-order valence-electron chi connectivity index (χ0n) is 18.0. The molecule has 30 heavy (non-hydrogen) atoms. The predicted octanol–water partition coefficient (Wildman–Crippen LogP) is 4.86. The highest BCUT2D eigenvalue weighted by molar-refractivity contribution is 5.66. The molecule has 0 bridgehead atoms. The molecule has 6 heteroatoms. The van der Waals surface area contributed by atoms with Crippen molar-refractivity contribution in [3.05, 3.63) is 59.4 Å². The van der Waals surface area contributed by atoms with E-state index < -0.39 is 11.9 Å². The normalized spacial score (nSPS) is 22.5. The highest BCUT2D eigenvalue weighted by atomic mass is 19.1. The van der Waals surface area contributed by atoms with Crippen LogP contribution in [0.15, 0.2) is 42.5 Å². The maximum absolute atomic E-state index is 13.6. The van der Waals surface area contributed by atoms with Crippen LogP contribution < -0.4 is 0 Å². The fourth-order valence-corrected chi connectivity index (χ4v) is 4.73. The van der Waals surface area contributed by atoms with Gasteiger partial charge in [0.1, 0.15) is 30.0 Å². The van der Waals surface area contributed by atoms with Gasteiger partial charge in [-0.05, 0) is 62.6 Å². The lowest BCUT2D eigenvalue weighted by Crippen LogP contribution is -2.73. The van der Waals surface area contributed by atoms with E-state index in [-0.39, 0.29) is 21.6 Å². The monoisotopic (exact) mass is 410 g/mol. The quantitative estimate of drug-likeness (QED) is 0.734. The summed E-state index contributed by atoms with van der Waals surface area (Å²) in [6.07, 6.45) is -0.763. The Morgan fingerprint density at radius 1 is 1.27 bits per heavy atom. The highest BCUT2D eigenvalue weighted by Crippen LogP contribution is 2.33. The van der Waals surface area contributed by atoms with E-state index >= 15 is 0 Å². The molecule has 0 aromatic heterocycles. The van der Waals surface area contributed by atoms with Crippen molar-refractivity contribution in [3.63, 3.8) is 0 Å². The second-order valence-electron chi connectivity index (χ2n) is 9.14. The van der Waals surface area contributed by atoms with E-state index in [1.54, 1.807) is 12.1 Å². The van der Waals surface area contributed by atoms with Gasteiger partial charge in [0.05, 0.1) is 12.1 Å². The van der Waals surface area contributed by atoms with Gasteiger partial charge in [0, 0.05) is 13.1 Å². The highest BCUT2D eigenvalue weighted by Gasteiger charge is 2.54. The van der Waals surface area contributed by atoms with Gasteiger partial charge in [0.15, 0.2) is 0 Å². The van der Waals surface area contributed by atoms with Crippen LogP contribution in [0.1, 0.15) is 38.8 Å². The third-order valence-corrected chi connectivity index (χ3v) is 6.34. The molecule has 1 heterocycles. The fourth-order valence-electron chi connectivity index (χ4n) is 4.73. The third-order valence-electron chi connectivity index (χ3n) is 6.34. The van der Waals surface area contributed by atoms with Gasteiger partial charge >= 0.3 is 6.09 Å². The van der Waals surface area contributed by atoms with Gasteiger partial charge in [0.25, 0.3) is 0 Å². The van der Waals surface area contributed by atoms with Crippen LogP contribution in [-0.2, 0) is 6.54 Å². The van der Waals surface area contributed by atoms with E-state index in [0.29, 0.717) is 26.2 Å². The second-order valence-corrected chi connectivity index (χ2v) is 9.14. The van der Waals surface area contributed by atoms with Crippen LogP contribution in [0.4, 0.5) is 9.18 Å². The van der Waals surface area contributed by atoms with Crippen LogP contribution in [0.3, 0.4) is 0 Å². The van der Waals surface area contributed by atoms with Crippen LogP contribution in [0.5, 0.6) is 0 Å². The van der Waals surface area contributed by atoms with Crippen LogP contribution in [0.25, 0.3) is 11.1 Å². The summed E-state index contributed by atoms with van der Waals surface area (Å²) >= 11 is 0. The topological polar surface area (TPSA) is 64.3 Å². The van der Waals surface area contributed by atoms with Gasteiger partial charge in [-0.1, -0.05) is 24.3 Å². The van der Waals surface area contributed by atoms with Gasteiger partial charge in [0.2, 0.25) is 0 Å². The lowest BCUT2D eigenvalue weighted by Gasteiger charge is -2.52. The number of rotatable bonds is 3. The van der Waals surface area contributed by atoms with Crippen molar-refractivity contribution in [2.45, 2.75) is 45.8 Å². The first-order valence-corrected chi connectivity index (χ1v) is 10.2. The average Bonchev–Trinajstić information content (AvgIpc) is 2.67. The van der Waals surface area contributed by atoms with Crippen LogP contribution in [-0.4, -0.2) is 51.8 Å². The second kappa shape index (κ2) is 8.17. The Hall–Kier alpha value is -2.75. The number of halogens is 1. The maximum Gasteiger partial charge on any atom is 0.514 e. The molecule has 3 rings (SSSR count). The molecule has 0 spiro atoms. The molecule has 1 fully saturated rings. The molecule has 5 nitrogen and oxygen atoms in total. The van der Waals surface area contributed by atoms with E-state index in [0.717, 1.165) is 16.7 Å². The number of carboxylic acid groups (broad SMARTS) is 1. The van der Waals surface area contributed by atoms with Gasteiger partial charge < -0.3 is 5.11 Å². The molecule has 2 aromatic rings. The minimum atomic E-state index is -0.763. The molecule has 0 aliphatic carbocycles. The summed E-state index contributed by atoms with van der Waals surface area (Å²) in [6.45, 7) is 10.7. The molecule has 2 aromatic carbocycles. The first-order chi connectivity index (χ1) is 14.1. The molecule has 158 valence electrons. The molecule has 0 saturated carbocycles. The van der Waals surface area contributed by atoms with Gasteiger partial charge in [-0.2, -0.15) is 10.1 Å². The van der Waals surface area contributed by atoms with E-state index in [2.05, 4.69) is 11.0 Å². The number of carbonyl (C=O) groups is 1. The number of nitriles is 1. The summed E-state index contributed by atoms with van der Waals surface area (Å²) < 4.78 is 13.7. The number of quaternary nitrogens is 1. The molecule has 0 radical (unpaired) electrons. The summed E-state index contributed by atoms with van der Waals surface area (Å²) in [7, 11) is 0. The van der Waals surface area contributed by atoms with Gasteiger partial charge in [-0.25, -0.2) is 8.87 Å². The Kier molecular flexibility index (Phi) is 5.98. The Balaban J connectivity index is 1.78. The summed E-state index contributed by atoms with van der Waals surface area (Å²) in [5, 5.41) is 19.1. The summed E-state index contributed by atoms with van der Waals surface area (Å²) in [4.78, 5) is 14.5. The summed E-state index contributed by atoms with van der Waals surface area (Å²) in [6, 6.07) is 14.4. The molecule has 1 N–H and O–H groups in total. The van der Waals surface area contributed by atoms with E-state index in [9.17, 15) is 14.3 Å². The van der Waals surface area contributed by atoms with Crippen molar-refractivity contribution in [3.8, 4) is 17.2 Å². The lowest BCUT2D eigenvalue weighted by molar-refractivity contribution is -0.929. The molecule has 1 aliphatic rings. The number of hydrogen-bond acceptors (Lipinski definition) is 3. The van der Waals surface area contributed by atoms with Crippen LogP contribution >= 0.6 is 0 Å². The smallest absolute Gasteiger partial charge is 0.435 e. The zero-order valence-corrected chi connectivity index (χ0v) is 18.0. The minimum absolute atomic E-state index is 0.0327. The molecular formula is C24H29FN3O2+. The van der Waals surface area contributed by atoms with E-state index in [4.69, 9.17) is 5.26 Å². The number of nitrogens with zero attached hydrogens (tertiary/aromatic N) is 3. The lowest BCUT2D eigenvalue weighted by atomic mass is 9.95. The molecule has 1 amide bonds. The SMILES string of the molecule is C[C@H]1CN(Cc2cccc(-c3ccc(F)c(C#N)c3)c2)CC[N+]1(C(=O)O)C(C)(C)C. The van der Waals surface area contributed by atoms with Crippen LogP contribution in [0, 0.1) is 17.1 Å². The van der Waals surface area contributed by atoms with Crippen LogP contribution in [0.2, 0.25) is 0 Å². The van der Waals surface area contributed by atoms with Crippen molar-refractivity contribution >= 4 is 6.09 Å². The van der Waals surface area contributed by atoms with E-state index in [1.165, 1.54) is 6.07 Å². The maximum atomic E-state index is 13.6. The summed E-state index contributed by atoms with van der Waals surface area (Å²) in [5.41, 5.74) is 2.50. The van der Waals surface area contributed by atoms with Crippen molar-refractivity contribution in [2.75, 3.05) is 19.6 Å². The first-order valence-electron chi connectivity index (χ1n) is 10.2. The zero-order chi connectivity index (χ0) is 22.1. The number of piperazine rings is 1. The van der Waals surface area contributed by atoms with Crippen molar-refractivity contribution in [1.29, 1.82) is 5.26 Å². The standard InChI is InChI=1S/C24H28FN3O2/c1-17-15-27(10-11-28(17,23(29)30)24(2,3)4)16-18-6-5-7-19(12-18)20-8-9-22(25)21(13-20)14-26/h5-9,12-13,17H,10-11,15-16H2,1-4H3/p+1/t17-,28?/m0/s1. The first kappa shape index (κ1) is 21.9. The Bertz CT molecular complexity index is 993. The van der Waals surface area contributed by atoms with Crippen molar-refractivity contribution in [1.82, 2.24) is 4.90 Å². The predicted molar refractivity (Wildman–Crippen MR) is 114 cm³/mol. The number of benzene rings is 2. The van der Waals surface area contributed by atoms with Crippen molar-refractivity contribution in [2.24, 2.45) is 0 Å². The molecular weight excluding hydrogens is 381 g/mol. The number of hydrogen-bond donors (Lipinski definition) is 1. The Labute approximate surface area is 177 Å². The van der Waals surface area contributed by atoms with Gasteiger partial charge in [-0.3, -0.25) is 4.90 Å². The minimum Gasteiger partial charge on any atom is -0.435 e. The Morgan fingerprint density at radius 3 is 2.57 bits per heavy atom. The number of amides is 1. The molecule has 2 atom stereocenters. The fraction of sp³-hybridized carbons (Fsp3) is 0.417. The van der Waals surface area contributed by atoms with Gasteiger partial charge in [-0.15, -0.1) is 0 Å². The summed E-state index contributed by atoms with van der Waals surface area (Å²) in [5.74, 6) is -0.515.